The fourth-order valence-corrected chi connectivity index (χ4v) is 3.92. The summed E-state index contributed by atoms with van der Waals surface area (Å²) in [6.45, 7) is 0. The van der Waals surface area contributed by atoms with Gasteiger partial charge in [0, 0.05) is 0 Å². The van der Waals surface area contributed by atoms with Gasteiger partial charge >= 0.3 is 0 Å². The first-order valence-corrected chi connectivity index (χ1v) is 8.99. The molecule has 1 heterocycles. The van der Waals surface area contributed by atoms with Gasteiger partial charge in [-0.1, -0.05) is 30.3 Å². The summed E-state index contributed by atoms with van der Waals surface area (Å²) in [5, 5.41) is 4.26. The van der Waals surface area contributed by atoms with Crippen molar-refractivity contribution in [3.63, 3.8) is 0 Å². The molecule has 0 fully saturated rings. The standard InChI is InChI=1S/C14H14N2O4S2/c15-13(18)11-6-7-21-14(11)16-12(17)9-22(19,20)8-10-4-2-1-3-5-10/h1-7H,8-9H2,(H2,15,18)(H,16,17). The Morgan fingerprint density at radius 3 is 2.45 bits per heavy atom. The first-order chi connectivity index (χ1) is 10.4. The molecule has 22 heavy (non-hydrogen) atoms. The van der Waals surface area contributed by atoms with Crippen LogP contribution in [0.2, 0.25) is 0 Å². The second-order valence-corrected chi connectivity index (χ2v) is 7.57. The van der Waals surface area contributed by atoms with Crippen molar-refractivity contribution < 1.29 is 18.0 Å². The van der Waals surface area contributed by atoms with Crippen molar-refractivity contribution in [2.24, 2.45) is 5.73 Å². The maximum Gasteiger partial charge on any atom is 0.251 e. The number of carbonyl (C=O) groups is 2. The molecule has 2 rings (SSSR count). The lowest BCUT2D eigenvalue weighted by molar-refractivity contribution is -0.113. The van der Waals surface area contributed by atoms with Crippen LogP contribution >= 0.6 is 11.3 Å². The minimum atomic E-state index is -3.59. The lowest BCUT2D eigenvalue weighted by atomic mass is 10.2. The Kier molecular flexibility index (Phi) is 4.94. The van der Waals surface area contributed by atoms with E-state index in [4.69, 9.17) is 5.73 Å². The van der Waals surface area contributed by atoms with Crippen molar-refractivity contribution in [3.8, 4) is 0 Å². The van der Waals surface area contributed by atoms with E-state index in [1.807, 2.05) is 0 Å². The molecule has 2 amide bonds. The van der Waals surface area contributed by atoms with Crippen LogP contribution in [0, 0.1) is 0 Å². The minimum Gasteiger partial charge on any atom is -0.366 e. The molecule has 3 N–H and O–H groups in total. The molecule has 0 aliphatic rings. The third-order valence-corrected chi connectivity index (χ3v) is 5.07. The second kappa shape index (κ2) is 6.71. The Balaban J connectivity index is 2.02. The maximum absolute atomic E-state index is 12.0. The van der Waals surface area contributed by atoms with E-state index in [-0.39, 0.29) is 16.3 Å². The van der Waals surface area contributed by atoms with Crippen molar-refractivity contribution in [1.29, 1.82) is 0 Å². The van der Waals surface area contributed by atoms with E-state index in [0.717, 1.165) is 11.3 Å². The van der Waals surface area contributed by atoms with Gasteiger partial charge in [0.25, 0.3) is 5.91 Å². The number of nitrogens with two attached hydrogens (primary N) is 1. The molecule has 0 saturated heterocycles. The monoisotopic (exact) mass is 338 g/mol. The van der Waals surface area contributed by atoms with E-state index in [0.29, 0.717) is 5.56 Å². The molecule has 0 aliphatic heterocycles. The van der Waals surface area contributed by atoms with Crippen LogP contribution in [0.15, 0.2) is 41.8 Å². The van der Waals surface area contributed by atoms with Crippen molar-refractivity contribution in [1.82, 2.24) is 0 Å². The zero-order valence-corrected chi connectivity index (χ0v) is 13.1. The predicted octanol–water partition coefficient (Wildman–Crippen LogP) is 1.40. The first kappa shape index (κ1) is 16.2. The molecule has 0 unspecified atom stereocenters. The van der Waals surface area contributed by atoms with Crippen LogP contribution < -0.4 is 11.1 Å². The van der Waals surface area contributed by atoms with Crippen LogP contribution in [0.1, 0.15) is 15.9 Å². The second-order valence-electron chi connectivity index (χ2n) is 4.59. The van der Waals surface area contributed by atoms with E-state index >= 15 is 0 Å². The Labute approximate surface area is 131 Å². The highest BCUT2D eigenvalue weighted by Crippen LogP contribution is 2.22. The summed E-state index contributed by atoms with van der Waals surface area (Å²) in [5.41, 5.74) is 5.94. The molecule has 6 nitrogen and oxygen atoms in total. The van der Waals surface area contributed by atoms with Crippen LogP contribution in [0.5, 0.6) is 0 Å². The third kappa shape index (κ3) is 4.40. The van der Waals surface area contributed by atoms with Crippen molar-refractivity contribution in [2.75, 3.05) is 11.1 Å². The van der Waals surface area contributed by atoms with Gasteiger partial charge in [0.1, 0.15) is 10.8 Å². The zero-order chi connectivity index (χ0) is 16.2. The molecule has 8 heteroatoms. The largest absolute Gasteiger partial charge is 0.366 e. The molecular formula is C14H14N2O4S2. The lowest BCUT2D eigenvalue weighted by Gasteiger charge is -2.06. The van der Waals surface area contributed by atoms with Crippen LogP contribution in [-0.2, 0) is 20.4 Å². The van der Waals surface area contributed by atoms with Crippen LogP contribution in [0.3, 0.4) is 0 Å². The lowest BCUT2D eigenvalue weighted by Crippen LogP contribution is -2.24. The normalized spacial score (nSPS) is 11.1. The number of sulfone groups is 1. The van der Waals surface area contributed by atoms with Gasteiger partial charge in [-0.3, -0.25) is 9.59 Å². The van der Waals surface area contributed by atoms with E-state index in [9.17, 15) is 18.0 Å². The average molecular weight is 338 g/mol. The van der Waals surface area contributed by atoms with Gasteiger partial charge in [-0.15, -0.1) is 11.3 Å². The van der Waals surface area contributed by atoms with Crippen molar-refractivity contribution in [2.45, 2.75) is 5.75 Å². The SMILES string of the molecule is NC(=O)c1ccsc1NC(=O)CS(=O)(=O)Cc1ccccc1. The number of carbonyl (C=O) groups excluding carboxylic acids is 2. The average Bonchev–Trinajstić information content (AvgIpc) is 2.86. The summed E-state index contributed by atoms with van der Waals surface area (Å²) in [5.74, 6) is -2.24. The minimum absolute atomic E-state index is 0.166. The number of nitrogens with one attached hydrogen (secondary N) is 1. The van der Waals surface area contributed by atoms with E-state index in [1.54, 1.807) is 35.7 Å². The van der Waals surface area contributed by atoms with Gasteiger partial charge in [0.15, 0.2) is 9.84 Å². The Hall–Kier alpha value is -2.19. The number of benzene rings is 1. The Morgan fingerprint density at radius 2 is 1.82 bits per heavy atom. The zero-order valence-electron chi connectivity index (χ0n) is 11.5. The van der Waals surface area contributed by atoms with Crippen molar-refractivity contribution >= 4 is 38.0 Å². The third-order valence-electron chi connectivity index (χ3n) is 2.76. The number of primary amides is 1. The first-order valence-electron chi connectivity index (χ1n) is 6.29. The predicted molar refractivity (Wildman–Crippen MR) is 85.4 cm³/mol. The highest BCUT2D eigenvalue weighted by atomic mass is 32.2. The molecule has 1 aromatic carbocycles. The maximum atomic E-state index is 12.0. The summed E-state index contributed by atoms with van der Waals surface area (Å²) in [6, 6.07) is 10.1. The molecule has 0 spiro atoms. The topological polar surface area (TPSA) is 106 Å². The fraction of sp³-hybridized carbons (Fsp3) is 0.143. The van der Waals surface area contributed by atoms with Gasteiger partial charge in [-0.05, 0) is 17.0 Å². The smallest absolute Gasteiger partial charge is 0.251 e. The molecule has 0 bridgehead atoms. The molecule has 0 atom stereocenters. The Morgan fingerprint density at radius 1 is 1.14 bits per heavy atom. The van der Waals surface area contributed by atoms with E-state index in [1.165, 1.54) is 6.07 Å². The molecule has 1 aromatic heterocycles. The van der Waals surface area contributed by atoms with Crippen LogP contribution in [0.25, 0.3) is 0 Å². The molecule has 0 aliphatic carbocycles. The van der Waals surface area contributed by atoms with Gasteiger partial charge in [-0.2, -0.15) is 0 Å². The Bertz CT molecular complexity index is 782. The van der Waals surface area contributed by atoms with Gasteiger partial charge in [-0.25, -0.2) is 8.42 Å². The number of rotatable bonds is 6. The molecule has 0 saturated carbocycles. The molecule has 2 aromatic rings. The quantitative estimate of drug-likeness (QED) is 0.830. The molecule has 116 valence electrons. The van der Waals surface area contributed by atoms with Gasteiger partial charge in [0.05, 0.1) is 11.3 Å². The summed E-state index contributed by atoms with van der Waals surface area (Å²) in [4.78, 5) is 23.0. The van der Waals surface area contributed by atoms with Gasteiger partial charge < -0.3 is 11.1 Å². The van der Waals surface area contributed by atoms with E-state index < -0.39 is 27.4 Å². The van der Waals surface area contributed by atoms with Crippen LogP contribution in [0.4, 0.5) is 5.00 Å². The summed E-state index contributed by atoms with van der Waals surface area (Å²) in [7, 11) is -3.59. The number of hydrogen-bond acceptors (Lipinski definition) is 5. The van der Waals surface area contributed by atoms with Crippen LogP contribution in [-0.4, -0.2) is 26.0 Å². The van der Waals surface area contributed by atoms with Crippen molar-refractivity contribution in [3.05, 3.63) is 52.9 Å². The highest BCUT2D eigenvalue weighted by Gasteiger charge is 2.19. The number of anilines is 1. The highest BCUT2D eigenvalue weighted by molar-refractivity contribution is 7.91. The number of amides is 2. The molecule has 0 radical (unpaired) electrons. The van der Waals surface area contributed by atoms with E-state index in [2.05, 4.69) is 5.32 Å². The summed E-state index contributed by atoms with van der Waals surface area (Å²) < 4.78 is 24.0. The fourth-order valence-electron chi connectivity index (χ4n) is 1.84. The summed E-state index contributed by atoms with van der Waals surface area (Å²) in [6.07, 6.45) is 0. The number of thiophene rings is 1. The molecular weight excluding hydrogens is 324 g/mol. The summed E-state index contributed by atoms with van der Waals surface area (Å²) >= 11 is 1.11. The number of hydrogen-bond donors (Lipinski definition) is 2. The van der Waals surface area contributed by atoms with Gasteiger partial charge in [0.2, 0.25) is 5.91 Å².